The summed E-state index contributed by atoms with van der Waals surface area (Å²) < 4.78 is 0. The van der Waals surface area contributed by atoms with Gasteiger partial charge in [0.2, 0.25) is 12.1 Å². The van der Waals surface area contributed by atoms with E-state index >= 15 is 0 Å². The summed E-state index contributed by atoms with van der Waals surface area (Å²) in [4.78, 5) is 21.2. The molecule has 1 amide bonds. The summed E-state index contributed by atoms with van der Waals surface area (Å²) in [5, 5.41) is 23.1. The first-order chi connectivity index (χ1) is 7.43. The molecule has 2 rings (SSSR count). The molecule has 1 aromatic rings. The van der Waals surface area contributed by atoms with E-state index in [0.717, 1.165) is 0 Å². The number of rotatable bonds is 2. The molecule has 0 fully saturated rings. The Morgan fingerprint density at radius 1 is 1.56 bits per heavy atom. The molecule has 1 heterocycles. The van der Waals surface area contributed by atoms with Gasteiger partial charge in [-0.2, -0.15) is 0 Å². The van der Waals surface area contributed by atoms with Crippen molar-refractivity contribution < 1.29 is 14.8 Å². The van der Waals surface area contributed by atoms with Gasteiger partial charge in [-0.05, 0) is 18.2 Å². The number of carbonyl (C=O) groups excluding carboxylic acids is 1. The lowest BCUT2D eigenvalue weighted by Crippen LogP contribution is -2.40. The predicted molar refractivity (Wildman–Crippen MR) is 55.8 cm³/mol. The number of nitrogens with one attached hydrogen (secondary N) is 1. The van der Waals surface area contributed by atoms with Gasteiger partial charge in [0, 0.05) is 21.2 Å². The first kappa shape index (κ1) is 10.8. The number of nitrogens with zero attached hydrogens (tertiary/aromatic N) is 1. The normalized spacial score (nSPS) is 22.8. The molecule has 16 heavy (non-hydrogen) atoms. The molecule has 84 valence electrons. The van der Waals surface area contributed by atoms with Crippen molar-refractivity contribution in [1.29, 1.82) is 0 Å². The van der Waals surface area contributed by atoms with E-state index in [-0.39, 0.29) is 5.56 Å². The SMILES string of the molecule is O=C1Nc2ccc(Cl)cc2[C@@]1(O)C[N+](=O)[O-]. The van der Waals surface area contributed by atoms with Crippen molar-refractivity contribution in [2.45, 2.75) is 5.60 Å². The standard InChI is InChI=1S/C9H7ClN2O4/c10-5-1-2-7-6(3-5)9(14,4-12(15)16)8(13)11-7/h1-3,14H,4H2,(H,11,13)/t9-/m0/s1. The minimum atomic E-state index is -2.14. The van der Waals surface area contributed by atoms with Crippen molar-refractivity contribution in [2.24, 2.45) is 0 Å². The summed E-state index contributed by atoms with van der Waals surface area (Å²) in [5.41, 5.74) is -1.65. The number of anilines is 1. The van der Waals surface area contributed by atoms with E-state index in [0.29, 0.717) is 10.7 Å². The number of carbonyl (C=O) groups is 1. The molecule has 2 N–H and O–H groups in total. The fraction of sp³-hybridized carbons (Fsp3) is 0.222. The van der Waals surface area contributed by atoms with Crippen LogP contribution in [0.4, 0.5) is 5.69 Å². The molecular weight excluding hydrogens is 236 g/mol. The summed E-state index contributed by atoms with van der Waals surface area (Å²) in [5.74, 6) is -0.804. The number of amides is 1. The molecule has 6 nitrogen and oxygen atoms in total. The zero-order chi connectivity index (χ0) is 11.9. The Morgan fingerprint density at radius 3 is 2.88 bits per heavy atom. The maximum absolute atomic E-state index is 11.5. The van der Waals surface area contributed by atoms with Crippen LogP contribution in [0.15, 0.2) is 18.2 Å². The van der Waals surface area contributed by atoms with Crippen LogP contribution >= 0.6 is 11.6 Å². The van der Waals surface area contributed by atoms with Crippen LogP contribution in [0.1, 0.15) is 5.56 Å². The van der Waals surface area contributed by atoms with E-state index < -0.39 is 23.0 Å². The molecule has 1 aromatic carbocycles. The van der Waals surface area contributed by atoms with Crippen LogP contribution in [0.5, 0.6) is 0 Å². The molecule has 0 radical (unpaired) electrons. The molecule has 1 aliphatic heterocycles. The van der Waals surface area contributed by atoms with Crippen molar-refractivity contribution in [3.05, 3.63) is 38.9 Å². The van der Waals surface area contributed by atoms with Crippen LogP contribution in [-0.4, -0.2) is 22.5 Å². The fourth-order valence-corrected chi connectivity index (χ4v) is 1.83. The van der Waals surface area contributed by atoms with Crippen LogP contribution in [-0.2, 0) is 10.4 Å². The zero-order valence-corrected chi connectivity index (χ0v) is 8.69. The van der Waals surface area contributed by atoms with E-state index in [1.54, 1.807) is 0 Å². The van der Waals surface area contributed by atoms with Crippen molar-refractivity contribution >= 4 is 23.2 Å². The average molecular weight is 243 g/mol. The third-order valence-electron chi connectivity index (χ3n) is 2.41. The lowest BCUT2D eigenvalue weighted by Gasteiger charge is -2.15. The Labute approximate surface area is 95.0 Å². The highest BCUT2D eigenvalue weighted by atomic mass is 35.5. The van der Waals surface area contributed by atoms with Gasteiger partial charge < -0.3 is 10.4 Å². The maximum atomic E-state index is 11.5. The smallest absolute Gasteiger partial charge is 0.268 e. The van der Waals surface area contributed by atoms with Crippen LogP contribution in [0.3, 0.4) is 0 Å². The Hall–Kier alpha value is -1.66. The number of hydrogen-bond donors (Lipinski definition) is 2. The molecule has 1 aliphatic rings. The van der Waals surface area contributed by atoms with Crippen molar-refractivity contribution in [2.75, 3.05) is 11.9 Å². The Bertz CT molecular complexity index is 490. The second-order valence-corrected chi connectivity index (χ2v) is 3.93. The Morgan fingerprint density at radius 2 is 2.25 bits per heavy atom. The second-order valence-electron chi connectivity index (χ2n) is 3.50. The largest absolute Gasteiger partial charge is 0.370 e. The third kappa shape index (κ3) is 1.52. The van der Waals surface area contributed by atoms with Gasteiger partial charge in [0.15, 0.2) is 0 Å². The first-order valence-electron chi connectivity index (χ1n) is 4.39. The number of benzene rings is 1. The van der Waals surface area contributed by atoms with E-state index in [1.807, 2.05) is 0 Å². The quantitative estimate of drug-likeness (QED) is 0.591. The maximum Gasteiger partial charge on any atom is 0.268 e. The number of halogens is 1. The topological polar surface area (TPSA) is 92.5 Å². The van der Waals surface area contributed by atoms with Gasteiger partial charge >= 0.3 is 0 Å². The summed E-state index contributed by atoms with van der Waals surface area (Å²) in [6.07, 6.45) is 0. The highest BCUT2D eigenvalue weighted by molar-refractivity contribution is 6.31. The first-order valence-corrected chi connectivity index (χ1v) is 4.77. The lowest BCUT2D eigenvalue weighted by molar-refractivity contribution is -0.498. The summed E-state index contributed by atoms with van der Waals surface area (Å²) in [6, 6.07) is 4.37. The Kier molecular flexibility index (Phi) is 2.32. The van der Waals surface area contributed by atoms with Crippen molar-refractivity contribution in [3.8, 4) is 0 Å². The summed E-state index contributed by atoms with van der Waals surface area (Å²) in [6.45, 7) is -0.883. The van der Waals surface area contributed by atoms with Crippen LogP contribution < -0.4 is 5.32 Å². The molecule has 0 saturated carbocycles. The van der Waals surface area contributed by atoms with E-state index in [2.05, 4.69) is 5.32 Å². The molecule has 0 spiro atoms. The van der Waals surface area contributed by atoms with Crippen molar-refractivity contribution in [1.82, 2.24) is 0 Å². The van der Waals surface area contributed by atoms with Gasteiger partial charge in [-0.3, -0.25) is 14.9 Å². The van der Waals surface area contributed by atoms with Crippen LogP contribution in [0.2, 0.25) is 5.02 Å². The molecule has 0 aromatic heterocycles. The van der Waals surface area contributed by atoms with E-state index in [1.165, 1.54) is 18.2 Å². The number of fused-ring (bicyclic) bond motifs is 1. The summed E-state index contributed by atoms with van der Waals surface area (Å²) in [7, 11) is 0. The van der Waals surface area contributed by atoms with Crippen molar-refractivity contribution in [3.63, 3.8) is 0 Å². The monoisotopic (exact) mass is 242 g/mol. The summed E-state index contributed by atoms with van der Waals surface area (Å²) >= 11 is 5.71. The lowest BCUT2D eigenvalue weighted by atomic mass is 9.96. The molecule has 0 saturated heterocycles. The third-order valence-corrected chi connectivity index (χ3v) is 2.64. The minimum Gasteiger partial charge on any atom is -0.370 e. The minimum absolute atomic E-state index is 0.140. The highest BCUT2D eigenvalue weighted by Crippen LogP contribution is 2.37. The highest BCUT2D eigenvalue weighted by Gasteiger charge is 2.49. The van der Waals surface area contributed by atoms with E-state index in [9.17, 15) is 20.0 Å². The van der Waals surface area contributed by atoms with Crippen LogP contribution in [0.25, 0.3) is 0 Å². The second kappa shape index (κ2) is 3.43. The molecular formula is C9H7ClN2O4. The number of nitro groups is 1. The van der Waals surface area contributed by atoms with Gasteiger partial charge in [-0.1, -0.05) is 11.6 Å². The van der Waals surface area contributed by atoms with Gasteiger partial charge in [0.1, 0.15) is 0 Å². The average Bonchev–Trinajstić information content (AvgIpc) is 2.40. The molecule has 0 aliphatic carbocycles. The zero-order valence-electron chi connectivity index (χ0n) is 7.94. The number of hydrogen-bond acceptors (Lipinski definition) is 4. The van der Waals surface area contributed by atoms with Gasteiger partial charge in [-0.15, -0.1) is 0 Å². The van der Waals surface area contributed by atoms with Crippen LogP contribution in [0, 0.1) is 10.1 Å². The van der Waals surface area contributed by atoms with E-state index in [4.69, 9.17) is 11.6 Å². The van der Waals surface area contributed by atoms with Gasteiger partial charge in [-0.25, -0.2) is 0 Å². The number of aliphatic hydroxyl groups is 1. The predicted octanol–water partition coefficient (Wildman–Crippen LogP) is 0.756. The van der Waals surface area contributed by atoms with Gasteiger partial charge in [0.05, 0.1) is 0 Å². The molecule has 0 bridgehead atoms. The molecule has 0 unspecified atom stereocenters. The fourth-order valence-electron chi connectivity index (χ4n) is 1.66. The molecule has 7 heteroatoms. The molecule has 1 atom stereocenters. The van der Waals surface area contributed by atoms with Gasteiger partial charge in [0.25, 0.3) is 5.91 Å². The Balaban J connectivity index is 2.53.